The van der Waals surface area contributed by atoms with E-state index in [-0.39, 0.29) is 11.1 Å². The Labute approximate surface area is 122 Å². The lowest BCUT2D eigenvalue weighted by molar-refractivity contribution is -0.0696. The monoisotopic (exact) mass is 314 g/mol. The summed E-state index contributed by atoms with van der Waals surface area (Å²) in [6, 6.07) is 5.56. The van der Waals surface area contributed by atoms with Crippen LogP contribution in [-0.2, 0) is 0 Å². The third kappa shape index (κ3) is 3.61. The quantitative estimate of drug-likeness (QED) is 0.514. The molecule has 0 fully saturated rings. The number of aryl methyl sites for hydroxylation is 1. The fourth-order valence-electron chi connectivity index (χ4n) is 1.84. The number of halogens is 6. The Bertz CT molecular complexity index is 754. The first-order valence-corrected chi connectivity index (χ1v) is 6.03. The predicted octanol–water partition coefficient (Wildman–Crippen LogP) is 4.99. The van der Waals surface area contributed by atoms with Gasteiger partial charge >= 0.3 is 6.18 Å². The highest BCUT2D eigenvalue weighted by Crippen LogP contribution is 2.27. The summed E-state index contributed by atoms with van der Waals surface area (Å²) >= 11 is 0. The van der Waals surface area contributed by atoms with E-state index in [1.807, 2.05) is 0 Å². The molecule has 0 aliphatic rings. The smallest absolute Gasteiger partial charge is 0.206 e. The Balaban J connectivity index is 2.52. The Kier molecular flexibility index (Phi) is 4.18. The van der Waals surface area contributed by atoms with Crippen LogP contribution < -0.4 is 0 Å². The van der Waals surface area contributed by atoms with Crippen LogP contribution in [0.3, 0.4) is 0 Å². The average molecular weight is 314 g/mol. The second-order valence-electron chi connectivity index (χ2n) is 4.55. The Morgan fingerprint density at radius 2 is 1.45 bits per heavy atom. The van der Waals surface area contributed by atoms with Gasteiger partial charge in [0.2, 0.25) is 0 Å². The molecule has 0 saturated heterocycles. The molecule has 0 spiro atoms. The molecule has 0 amide bonds. The largest absolute Gasteiger partial charge is 0.458 e. The third-order valence-corrected chi connectivity index (χ3v) is 2.81. The summed E-state index contributed by atoms with van der Waals surface area (Å²) in [5.41, 5.74) is -0.563. The van der Waals surface area contributed by atoms with Crippen LogP contribution in [0.25, 0.3) is 11.1 Å². The molecular weight excluding hydrogens is 306 g/mol. The topological polar surface area (TPSA) is 0 Å². The van der Waals surface area contributed by atoms with Crippen LogP contribution in [0.15, 0.2) is 30.3 Å². The first kappa shape index (κ1) is 16.0. The van der Waals surface area contributed by atoms with Gasteiger partial charge in [-0.2, -0.15) is 13.2 Å². The summed E-state index contributed by atoms with van der Waals surface area (Å²) in [5, 5.41) is 0. The minimum Gasteiger partial charge on any atom is -0.206 e. The van der Waals surface area contributed by atoms with Crippen molar-refractivity contribution in [2.75, 3.05) is 0 Å². The molecule has 0 radical (unpaired) electrons. The van der Waals surface area contributed by atoms with Gasteiger partial charge in [0.05, 0.1) is 5.56 Å². The molecule has 0 N–H and O–H groups in total. The van der Waals surface area contributed by atoms with E-state index in [9.17, 15) is 26.3 Å². The zero-order valence-corrected chi connectivity index (χ0v) is 11.2. The number of hydrogen-bond donors (Lipinski definition) is 0. The molecule has 0 bridgehead atoms. The molecule has 0 nitrogen and oxygen atoms in total. The SMILES string of the molecule is Cc1ccc(-c2cc(F)c(C#CC(F)(F)F)c(F)c2)c(F)c1. The number of rotatable bonds is 1. The molecule has 2 aromatic carbocycles. The maximum atomic E-state index is 13.8. The van der Waals surface area contributed by atoms with E-state index in [0.717, 1.165) is 18.1 Å². The maximum absolute atomic E-state index is 13.8. The van der Waals surface area contributed by atoms with Gasteiger partial charge in [0.1, 0.15) is 17.5 Å². The van der Waals surface area contributed by atoms with Gasteiger partial charge in [-0.05, 0) is 36.2 Å². The number of hydrogen-bond acceptors (Lipinski definition) is 0. The molecule has 0 aliphatic carbocycles. The van der Waals surface area contributed by atoms with Crippen molar-refractivity contribution in [1.29, 1.82) is 0 Å². The minimum absolute atomic E-state index is 0.0567. The molecule has 2 aromatic rings. The predicted molar refractivity (Wildman–Crippen MR) is 69.4 cm³/mol. The van der Waals surface area contributed by atoms with E-state index in [0.29, 0.717) is 5.56 Å². The van der Waals surface area contributed by atoms with Gasteiger partial charge in [-0.1, -0.05) is 18.1 Å². The van der Waals surface area contributed by atoms with E-state index in [4.69, 9.17) is 0 Å². The molecule has 0 aliphatic heterocycles. The third-order valence-electron chi connectivity index (χ3n) is 2.81. The zero-order chi connectivity index (χ0) is 16.5. The summed E-state index contributed by atoms with van der Waals surface area (Å²) in [4.78, 5) is 0. The highest BCUT2D eigenvalue weighted by Gasteiger charge is 2.23. The summed E-state index contributed by atoms with van der Waals surface area (Å²) in [7, 11) is 0. The molecule has 2 rings (SSSR count). The van der Waals surface area contributed by atoms with E-state index >= 15 is 0 Å². The molecule has 0 aromatic heterocycles. The van der Waals surface area contributed by atoms with E-state index < -0.39 is 29.2 Å². The van der Waals surface area contributed by atoms with Crippen molar-refractivity contribution in [3.8, 4) is 23.0 Å². The van der Waals surface area contributed by atoms with Crippen LogP contribution in [0.4, 0.5) is 26.3 Å². The molecule has 0 heterocycles. The molecule has 0 unspecified atom stereocenters. The van der Waals surface area contributed by atoms with Crippen LogP contribution in [-0.4, -0.2) is 6.18 Å². The Hall–Kier alpha value is -2.42. The summed E-state index contributed by atoms with van der Waals surface area (Å²) in [6.45, 7) is 1.64. The highest BCUT2D eigenvalue weighted by atomic mass is 19.4. The van der Waals surface area contributed by atoms with Crippen molar-refractivity contribution in [2.24, 2.45) is 0 Å². The Morgan fingerprint density at radius 1 is 0.864 bits per heavy atom. The second-order valence-corrected chi connectivity index (χ2v) is 4.55. The lowest BCUT2D eigenvalue weighted by Crippen LogP contribution is -2.02. The average Bonchev–Trinajstić information content (AvgIpc) is 2.36. The first-order valence-electron chi connectivity index (χ1n) is 6.03. The van der Waals surface area contributed by atoms with Crippen LogP contribution in [0.1, 0.15) is 11.1 Å². The summed E-state index contributed by atoms with van der Waals surface area (Å²) < 4.78 is 77.2. The minimum atomic E-state index is -4.86. The van der Waals surface area contributed by atoms with E-state index in [2.05, 4.69) is 0 Å². The van der Waals surface area contributed by atoms with Crippen molar-refractivity contribution in [1.82, 2.24) is 0 Å². The Morgan fingerprint density at radius 3 is 1.95 bits per heavy atom. The fraction of sp³-hybridized carbons (Fsp3) is 0.125. The lowest BCUT2D eigenvalue weighted by atomic mass is 10.0. The van der Waals surface area contributed by atoms with Gasteiger partial charge in [0.15, 0.2) is 0 Å². The second kappa shape index (κ2) is 5.76. The molecule has 6 heteroatoms. The molecule has 0 atom stereocenters. The lowest BCUT2D eigenvalue weighted by Gasteiger charge is -2.07. The first-order chi connectivity index (χ1) is 10.2. The van der Waals surface area contributed by atoms with Crippen molar-refractivity contribution in [2.45, 2.75) is 13.1 Å². The van der Waals surface area contributed by atoms with Crippen LogP contribution in [0, 0.1) is 36.2 Å². The highest BCUT2D eigenvalue weighted by molar-refractivity contribution is 5.66. The van der Waals surface area contributed by atoms with Crippen LogP contribution in [0.2, 0.25) is 0 Å². The van der Waals surface area contributed by atoms with Gasteiger partial charge < -0.3 is 0 Å². The number of benzene rings is 2. The fourth-order valence-corrected chi connectivity index (χ4v) is 1.84. The van der Waals surface area contributed by atoms with Gasteiger partial charge in [0, 0.05) is 11.5 Å². The van der Waals surface area contributed by atoms with E-state index in [1.165, 1.54) is 18.1 Å². The molecule has 0 saturated carbocycles. The molecule has 22 heavy (non-hydrogen) atoms. The molecular formula is C16H8F6. The van der Waals surface area contributed by atoms with Crippen molar-refractivity contribution >= 4 is 0 Å². The van der Waals surface area contributed by atoms with Crippen LogP contribution >= 0.6 is 0 Å². The number of alkyl halides is 3. The van der Waals surface area contributed by atoms with Crippen LogP contribution in [0.5, 0.6) is 0 Å². The normalized spacial score (nSPS) is 11.0. The van der Waals surface area contributed by atoms with E-state index in [1.54, 1.807) is 13.0 Å². The van der Waals surface area contributed by atoms with Gasteiger partial charge in [-0.25, -0.2) is 13.2 Å². The van der Waals surface area contributed by atoms with Gasteiger partial charge in [-0.15, -0.1) is 0 Å². The van der Waals surface area contributed by atoms with Crippen molar-refractivity contribution in [3.05, 3.63) is 58.9 Å². The zero-order valence-electron chi connectivity index (χ0n) is 11.2. The summed E-state index contributed by atoms with van der Waals surface area (Å²) in [6.07, 6.45) is -4.86. The summed E-state index contributed by atoms with van der Waals surface area (Å²) in [5.74, 6) is -1.06. The standard InChI is InChI=1S/C16H8F6/c1-9-2-3-11(13(17)6-9)10-7-14(18)12(15(19)8-10)4-5-16(20,21)22/h2-3,6-8H,1H3. The maximum Gasteiger partial charge on any atom is 0.458 e. The van der Waals surface area contributed by atoms with Gasteiger partial charge in [-0.3, -0.25) is 0 Å². The van der Waals surface area contributed by atoms with Gasteiger partial charge in [0.25, 0.3) is 0 Å². The van der Waals surface area contributed by atoms with Crippen molar-refractivity contribution in [3.63, 3.8) is 0 Å². The van der Waals surface area contributed by atoms with Crippen molar-refractivity contribution < 1.29 is 26.3 Å². The molecule has 114 valence electrons.